The summed E-state index contributed by atoms with van der Waals surface area (Å²) in [5.74, 6) is -0.237. The fourth-order valence-electron chi connectivity index (χ4n) is 3.29. The zero-order valence-electron chi connectivity index (χ0n) is 16.9. The molecule has 0 bridgehead atoms. The van der Waals surface area contributed by atoms with Crippen molar-refractivity contribution in [2.24, 2.45) is 0 Å². The number of nitrogens with one attached hydrogen (secondary N) is 1. The van der Waals surface area contributed by atoms with Gasteiger partial charge in [-0.15, -0.1) is 0 Å². The first-order valence-corrected chi connectivity index (χ1v) is 9.49. The lowest BCUT2D eigenvalue weighted by atomic mass is 9.92. The van der Waals surface area contributed by atoms with Crippen LogP contribution >= 0.6 is 0 Å². The summed E-state index contributed by atoms with van der Waals surface area (Å²) in [6.45, 7) is 8.82. The molecule has 0 spiro atoms. The van der Waals surface area contributed by atoms with E-state index in [0.29, 0.717) is 12.2 Å². The third kappa shape index (κ3) is 4.42. The topological polar surface area (TPSA) is 38.0 Å². The highest BCUT2D eigenvalue weighted by Gasteiger charge is 2.11. The summed E-state index contributed by atoms with van der Waals surface area (Å²) in [5.41, 5.74) is 14.8. The number of benzene rings is 3. The molecule has 28 heavy (non-hydrogen) atoms. The number of anilines is 2. The molecule has 0 atom stereocenters. The summed E-state index contributed by atoms with van der Waals surface area (Å²) in [7, 11) is 0. The molecule has 144 valence electrons. The van der Waals surface area contributed by atoms with E-state index < -0.39 is 0 Å². The Hall–Kier alpha value is -3.07. The molecule has 3 heteroatoms. The summed E-state index contributed by atoms with van der Waals surface area (Å²) in [6.07, 6.45) is 2.04. The van der Waals surface area contributed by atoms with E-state index in [9.17, 15) is 4.39 Å². The van der Waals surface area contributed by atoms with Crippen LogP contribution < -0.4 is 11.1 Å². The van der Waals surface area contributed by atoms with Crippen molar-refractivity contribution in [2.45, 2.75) is 27.7 Å². The Morgan fingerprint density at radius 2 is 1.46 bits per heavy atom. The van der Waals surface area contributed by atoms with E-state index >= 15 is 0 Å². The Morgan fingerprint density at radius 3 is 2.04 bits per heavy atom. The first kappa shape index (κ1) is 19.7. The van der Waals surface area contributed by atoms with E-state index in [2.05, 4.69) is 31.3 Å². The van der Waals surface area contributed by atoms with Crippen molar-refractivity contribution < 1.29 is 4.39 Å². The Kier molecular flexibility index (Phi) is 5.84. The van der Waals surface area contributed by atoms with Crippen LogP contribution in [0.2, 0.25) is 0 Å². The fraction of sp³-hybridized carbons (Fsp3) is 0.200. The lowest BCUT2D eigenvalue weighted by molar-refractivity contribution is 0.631. The number of allylic oxidation sites excluding steroid dienone is 1. The van der Waals surface area contributed by atoms with E-state index in [1.54, 1.807) is 6.07 Å². The average Bonchev–Trinajstić information content (AvgIpc) is 2.65. The fourth-order valence-corrected chi connectivity index (χ4v) is 3.29. The minimum atomic E-state index is -0.237. The van der Waals surface area contributed by atoms with E-state index in [0.717, 1.165) is 33.5 Å². The third-order valence-corrected chi connectivity index (χ3v) is 4.88. The molecule has 0 heterocycles. The highest BCUT2D eigenvalue weighted by molar-refractivity contribution is 5.77. The van der Waals surface area contributed by atoms with E-state index in [-0.39, 0.29) is 5.82 Å². The number of halogens is 1. The zero-order chi connectivity index (χ0) is 20.3. The first-order valence-electron chi connectivity index (χ1n) is 9.49. The van der Waals surface area contributed by atoms with Gasteiger partial charge in [0.05, 0.1) is 5.69 Å². The van der Waals surface area contributed by atoms with Crippen LogP contribution in [0.3, 0.4) is 0 Å². The van der Waals surface area contributed by atoms with Gasteiger partial charge in [0.1, 0.15) is 5.82 Å². The number of nitrogen functional groups attached to an aromatic ring is 1. The van der Waals surface area contributed by atoms with Gasteiger partial charge < -0.3 is 11.1 Å². The molecule has 0 amide bonds. The summed E-state index contributed by atoms with van der Waals surface area (Å²) < 4.78 is 14.6. The lowest BCUT2D eigenvalue weighted by Gasteiger charge is -2.14. The Balaban J connectivity index is 1.91. The standard InChI is InChI=1S/C25H27FN2/c1-16(2)11-12-28-25-10-7-20(15-24(25)26)23-14-17(3)22(13-18(23)4)19-5-8-21(27)9-6-19/h5-11,13-15,28H,12,27H2,1-4H3. The molecular formula is C25H27FN2. The van der Waals surface area contributed by atoms with Crippen molar-refractivity contribution in [1.82, 2.24) is 0 Å². The Labute approximate surface area is 166 Å². The average molecular weight is 375 g/mol. The van der Waals surface area contributed by atoms with E-state index in [4.69, 9.17) is 5.73 Å². The van der Waals surface area contributed by atoms with E-state index in [1.807, 2.05) is 56.3 Å². The van der Waals surface area contributed by atoms with Gasteiger partial charge >= 0.3 is 0 Å². The quantitative estimate of drug-likeness (QED) is 0.383. The number of aryl methyl sites for hydroxylation is 2. The van der Waals surface area contributed by atoms with Crippen LogP contribution in [0.1, 0.15) is 25.0 Å². The van der Waals surface area contributed by atoms with Crippen LogP contribution in [0.25, 0.3) is 22.3 Å². The van der Waals surface area contributed by atoms with Gasteiger partial charge in [-0.05, 0) is 85.3 Å². The van der Waals surface area contributed by atoms with Gasteiger partial charge in [0.25, 0.3) is 0 Å². The molecule has 0 aliphatic rings. The smallest absolute Gasteiger partial charge is 0.146 e. The normalized spacial score (nSPS) is 10.6. The molecule has 2 nitrogen and oxygen atoms in total. The van der Waals surface area contributed by atoms with Gasteiger partial charge in [-0.3, -0.25) is 0 Å². The SMILES string of the molecule is CC(C)=CCNc1ccc(-c2cc(C)c(-c3ccc(N)cc3)cc2C)cc1F. The minimum absolute atomic E-state index is 0.237. The van der Waals surface area contributed by atoms with Crippen molar-refractivity contribution >= 4 is 11.4 Å². The maximum absolute atomic E-state index is 14.6. The van der Waals surface area contributed by atoms with Gasteiger partial charge in [-0.1, -0.05) is 42.0 Å². The predicted octanol–water partition coefficient (Wildman–Crippen LogP) is 6.74. The molecule has 3 rings (SSSR count). The second kappa shape index (κ2) is 8.30. The van der Waals surface area contributed by atoms with Crippen LogP contribution in [0.5, 0.6) is 0 Å². The summed E-state index contributed by atoms with van der Waals surface area (Å²) in [4.78, 5) is 0. The summed E-state index contributed by atoms with van der Waals surface area (Å²) in [5, 5.41) is 3.12. The lowest BCUT2D eigenvalue weighted by Crippen LogP contribution is -2.01. The molecule has 0 aliphatic heterocycles. The minimum Gasteiger partial charge on any atom is -0.399 e. The molecule has 0 saturated heterocycles. The van der Waals surface area contributed by atoms with Crippen molar-refractivity contribution in [2.75, 3.05) is 17.6 Å². The molecular weight excluding hydrogens is 347 g/mol. The summed E-state index contributed by atoms with van der Waals surface area (Å²) in [6, 6.07) is 17.6. The molecule has 0 fully saturated rings. The van der Waals surface area contributed by atoms with Crippen LogP contribution in [0.4, 0.5) is 15.8 Å². The molecule has 0 saturated carbocycles. The first-order chi connectivity index (χ1) is 13.3. The van der Waals surface area contributed by atoms with Crippen LogP contribution in [0.15, 0.2) is 66.2 Å². The molecule has 3 aromatic carbocycles. The molecule has 3 N–H and O–H groups in total. The van der Waals surface area contributed by atoms with Gasteiger partial charge in [-0.2, -0.15) is 0 Å². The Morgan fingerprint density at radius 1 is 0.893 bits per heavy atom. The van der Waals surface area contributed by atoms with Crippen LogP contribution in [0, 0.1) is 19.7 Å². The van der Waals surface area contributed by atoms with Gasteiger partial charge in [0.15, 0.2) is 0 Å². The highest BCUT2D eigenvalue weighted by Crippen LogP contribution is 2.33. The van der Waals surface area contributed by atoms with Crippen LogP contribution in [-0.2, 0) is 0 Å². The second-order valence-corrected chi connectivity index (χ2v) is 7.46. The molecule has 0 aliphatic carbocycles. The van der Waals surface area contributed by atoms with Gasteiger partial charge in [-0.25, -0.2) is 4.39 Å². The third-order valence-electron chi connectivity index (χ3n) is 4.88. The van der Waals surface area contributed by atoms with Crippen molar-refractivity contribution in [1.29, 1.82) is 0 Å². The van der Waals surface area contributed by atoms with Crippen molar-refractivity contribution in [3.63, 3.8) is 0 Å². The number of hydrogen-bond donors (Lipinski definition) is 2. The number of nitrogens with two attached hydrogens (primary N) is 1. The maximum atomic E-state index is 14.6. The monoisotopic (exact) mass is 374 g/mol. The van der Waals surface area contributed by atoms with Crippen molar-refractivity contribution in [3.05, 3.63) is 83.2 Å². The largest absolute Gasteiger partial charge is 0.399 e. The Bertz CT molecular complexity index is 1010. The zero-order valence-corrected chi connectivity index (χ0v) is 16.9. The molecule has 0 unspecified atom stereocenters. The van der Waals surface area contributed by atoms with Crippen molar-refractivity contribution in [3.8, 4) is 22.3 Å². The molecule has 0 radical (unpaired) electrons. The maximum Gasteiger partial charge on any atom is 0.146 e. The molecule has 0 aromatic heterocycles. The molecule has 3 aromatic rings. The number of rotatable bonds is 5. The number of hydrogen-bond acceptors (Lipinski definition) is 2. The second-order valence-electron chi connectivity index (χ2n) is 7.46. The predicted molar refractivity (Wildman–Crippen MR) is 119 cm³/mol. The van der Waals surface area contributed by atoms with Gasteiger partial charge in [0.2, 0.25) is 0 Å². The highest BCUT2D eigenvalue weighted by atomic mass is 19.1. The van der Waals surface area contributed by atoms with Gasteiger partial charge in [0, 0.05) is 12.2 Å². The summed E-state index contributed by atoms with van der Waals surface area (Å²) >= 11 is 0. The van der Waals surface area contributed by atoms with Crippen LogP contribution in [-0.4, -0.2) is 6.54 Å². The van der Waals surface area contributed by atoms with E-state index in [1.165, 1.54) is 11.1 Å².